The predicted octanol–water partition coefficient (Wildman–Crippen LogP) is 5.24. The molecule has 0 aromatic heterocycles. The van der Waals surface area contributed by atoms with Gasteiger partial charge in [-0.05, 0) is 0 Å². The van der Waals surface area contributed by atoms with Crippen LogP contribution in [0.5, 0.6) is 0 Å². The Bertz CT molecular complexity index is 490. The van der Waals surface area contributed by atoms with Gasteiger partial charge in [0.05, 0.1) is 0 Å². The third-order valence-electron chi connectivity index (χ3n) is 2.40. The molecule has 0 aliphatic heterocycles. The number of benzene rings is 1. The van der Waals surface area contributed by atoms with E-state index in [1.807, 2.05) is 30.3 Å². The SMILES string of the molecule is Brc1ccc(-[c-]2cccc2)cc1.[Ru+2].c1cc[cH-]c1. The molecule has 3 rings (SSSR count). The standard InChI is InChI=1S/C11H8Br.C5H5.Ru/c12-11-7-5-10(6-8-11)9-3-1-2-4-9;1-2-4-5-3-1;/h1-8H;1-5H;/q2*-1;+2. The molecule has 0 atom stereocenters. The van der Waals surface area contributed by atoms with Gasteiger partial charge < -0.3 is 0 Å². The third-order valence-corrected chi connectivity index (χ3v) is 2.92. The van der Waals surface area contributed by atoms with Crippen molar-refractivity contribution in [1.82, 2.24) is 0 Å². The van der Waals surface area contributed by atoms with Gasteiger partial charge in [-0.25, -0.2) is 12.1 Å². The minimum absolute atomic E-state index is 0. The minimum atomic E-state index is 0. The number of hydrogen-bond acceptors (Lipinski definition) is 0. The molecule has 3 aromatic rings. The molecular formula is C16H13BrRu. The van der Waals surface area contributed by atoms with Crippen molar-refractivity contribution in [3.05, 3.63) is 83.3 Å². The van der Waals surface area contributed by atoms with Gasteiger partial charge in [-0.15, -0.1) is 29.8 Å². The van der Waals surface area contributed by atoms with Crippen molar-refractivity contribution in [2.75, 3.05) is 0 Å². The zero-order valence-corrected chi connectivity index (χ0v) is 13.1. The molecule has 2 heteroatoms. The summed E-state index contributed by atoms with van der Waals surface area (Å²) < 4.78 is 1.12. The largest absolute Gasteiger partial charge is 2.00 e. The Labute approximate surface area is 129 Å². The summed E-state index contributed by atoms with van der Waals surface area (Å²) >= 11 is 3.41. The number of hydrogen-bond donors (Lipinski definition) is 0. The van der Waals surface area contributed by atoms with Crippen LogP contribution in [0.15, 0.2) is 83.3 Å². The quantitative estimate of drug-likeness (QED) is 0.397. The van der Waals surface area contributed by atoms with Crippen LogP contribution in [0.1, 0.15) is 0 Å². The van der Waals surface area contributed by atoms with Gasteiger partial charge in [0, 0.05) is 4.47 Å². The molecule has 0 nitrogen and oxygen atoms in total. The van der Waals surface area contributed by atoms with E-state index in [-0.39, 0.29) is 19.5 Å². The van der Waals surface area contributed by atoms with Gasteiger partial charge in [0.25, 0.3) is 0 Å². The van der Waals surface area contributed by atoms with Crippen LogP contribution in [0.3, 0.4) is 0 Å². The van der Waals surface area contributed by atoms with Crippen LogP contribution >= 0.6 is 15.9 Å². The van der Waals surface area contributed by atoms with Gasteiger partial charge in [-0.2, -0.15) is 30.3 Å². The van der Waals surface area contributed by atoms with Gasteiger partial charge in [0.1, 0.15) is 0 Å². The molecular weight excluding hydrogens is 373 g/mol. The predicted molar refractivity (Wildman–Crippen MR) is 77.2 cm³/mol. The molecule has 0 bridgehead atoms. The van der Waals surface area contributed by atoms with Crippen molar-refractivity contribution in [1.29, 1.82) is 0 Å². The normalized spacial score (nSPS) is 8.94. The van der Waals surface area contributed by atoms with E-state index in [9.17, 15) is 0 Å². The van der Waals surface area contributed by atoms with Crippen LogP contribution < -0.4 is 0 Å². The summed E-state index contributed by atoms with van der Waals surface area (Å²) in [7, 11) is 0. The van der Waals surface area contributed by atoms with Gasteiger partial charge >= 0.3 is 19.5 Å². The fourth-order valence-electron chi connectivity index (χ4n) is 1.53. The summed E-state index contributed by atoms with van der Waals surface area (Å²) in [4.78, 5) is 0. The molecule has 0 N–H and O–H groups in total. The smallest absolute Gasteiger partial charge is 0.214 e. The summed E-state index contributed by atoms with van der Waals surface area (Å²) in [5.74, 6) is 0. The fraction of sp³-hybridized carbons (Fsp3) is 0. The average molecular weight is 386 g/mol. The molecule has 3 aromatic carbocycles. The van der Waals surface area contributed by atoms with Gasteiger partial charge in [-0.1, -0.05) is 33.6 Å². The van der Waals surface area contributed by atoms with Crippen molar-refractivity contribution >= 4 is 15.9 Å². The Hall–Kier alpha value is -0.977. The maximum absolute atomic E-state index is 3.41. The van der Waals surface area contributed by atoms with Gasteiger partial charge in [-0.3, -0.25) is 0 Å². The van der Waals surface area contributed by atoms with E-state index in [4.69, 9.17) is 0 Å². The zero-order chi connectivity index (χ0) is 11.9. The summed E-state index contributed by atoms with van der Waals surface area (Å²) in [5.41, 5.74) is 2.55. The second kappa shape index (κ2) is 8.18. The molecule has 92 valence electrons. The zero-order valence-electron chi connectivity index (χ0n) is 9.74. The Morgan fingerprint density at radius 1 is 0.833 bits per heavy atom. The van der Waals surface area contributed by atoms with Gasteiger partial charge in [0.2, 0.25) is 0 Å². The Balaban J connectivity index is 0.000000230. The Morgan fingerprint density at radius 3 is 1.83 bits per heavy atom. The molecule has 0 aliphatic rings. The van der Waals surface area contributed by atoms with Crippen LogP contribution in [0.25, 0.3) is 11.1 Å². The second-order valence-electron chi connectivity index (χ2n) is 3.64. The molecule has 0 spiro atoms. The van der Waals surface area contributed by atoms with Crippen LogP contribution in [0.4, 0.5) is 0 Å². The second-order valence-corrected chi connectivity index (χ2v) is 4.56. The van der Waals surface area contributed by atoms with Crippen LogP contribution in [-0.2, 0) is 19.5 Å². The fourth-order valence-corrected chi connectivity index (χ4v) is 1.79. The summed E-state index contributed by atoms with van der Waals surface area (Å²) in [6.07, 6.45) is 0. The van der Waals surface area contributed by atoms with Crippen LogP contribution in [0, 0.1) is 0 Å². The molecule has 18 heavy (non-hydrogen) atoms. The van der Waals surface area contributed by atoms with Crippen molar-refractivity contribution in [3.8, 4) is 11.1 Å². The van der Waals surface area contributed by atoms with E-state index in [1.54, 1.807) is 0 Å². The van der Waals surface area contributed by atoms with Crippen molar-refractivity contribution in [2.24, 2.45) is 0 Å². The van der Waals surface area contributed by atoms with E-state index >= 15 is 0 Å². The maximum atomic E-state index is 3.41. The van der Waals surface area contributed by atoms with E-state index in [0.717, 1.165) is 4.47 Å². The van der Waals surface area contributed by atoms with E-state index in [0.29, 0.717) is 0 Å². The monoisotopic (exact) mass is 386 g/mol. The first-order valence-electron chi connectivity index (χ1n) is 5.50. The van der Waals surface area contributed by atoms with Crippen molar-refractivity contribution in [3.63, 3.8) is 0 Å². The number of halogens is 1. The van der Waals surface area contributed by atoms with Crippen LogP contribution in [-0.4, -0.2) is 0 Å². The van der Waals surface area contributed by atoms with Gasteiger partial charge in [0.15, 0.2) is 0 Å². The van der Waals surface area contributed by atoms with E-state index in [1.165, 1.54) is 11.1 Å². The Morgan fingerprint density at radius 2 is 1.39 bits per heavy atom. The summed E-state index contributed by atoms with van der Waals surface area (Å²) in [6.45, 7) is 0. The topological polar surface area (TPSA) is 0 Å². The molecule has 0 unspecified atom stereocenters. The molecule has 0 saturated heterocycles. The first-order valence-corrected chi connectivity index (χ1v) is 6.30. The molecule has 0 saturated carbocycles. The Kier molecular flexibility index (Phi) is 6.86. The minimum Gasteiger partial charge on any atom is -0.214 e. The summed E-state index contributed by atoms with van der Waals surface area (Å²) in [6, 6.07) is 26.7. The van der Waals surface area contributed by atoms with Crippen LogP contribution in [0.2, 0.25) is 0 Å². The molecule has 0 heterocycles. The van der Waals surface area contributed by atoms with E-state index < -0.39 is 0 Å². The summed E-state index contributed by atoms with van der Waals surface area (Å²) in [5, 5.41) is 0. The first kappa shape index (κ1) is 15.1. The number of rotatable bonds is 1. The molecule has 0 amide bonds. The molecule has 0 fully saturated rings. The van der Waals surface area contributed by atoms with Crippen molar-refractivity contribution < 1.29 is 19.5 Å². The molecule has 0 aliphatic carbocycles. The van der Waals surface area contributed by atoms with Crippen molar-refractivity contribution in [2.45, 2.75) is 0 Å². The third kappa shape index (κ3) is 4.72. The molecule has 0 radical (unpaired) electrons. The van der Waals surface area contributed by atoms with E-state index in [2.05, 4.69) is 64.5 Å². The first-order chi connectivity index (χ1) is 8.36. The average Bonchev–Trinajstić information content (AvgIpc) is 3.06. The maximum Gasteiger partial charge on any atom is 2.00 e.